The molecule has 0 saturated heterocycles. The number of ether oxygens (including phenoxy) is 1. The van der Waals surface area contributed by atoms with Crippen molar-refractivity contribution in [2.45, 2.75) is 13.3 Å². The molecule has 3 N–H and O–H groups in total. The van der Waals surface area contributed by atoms with Crippen LogP contribution in [0.2, 0.25) is 0 Å². The maximum absolute atomic E-state index is 11.9. The summed E-state index contributed by atoms with van der Waals surface area (Å²) < 4.78 is 30.7. The van der Waals surface area contributed by atoms with Gasteiger partial charge in [-0.2, -0.15) is 0 Å². The number of rotatable bonds is 11. The summed E-state index contributed by atoms with van der Waals surface area (Å²) in [6.45, 7) is 4.33. The molecule has 0 saturated carbocycles. The van der Waals surface area contributed by atoms with Crippen molar-refractivity contribution in [1.82, 2.24) is 10.6 Å². The molecule has 9 heteroatoms. The van der Waals surface area contributed by atoms with E-state index in [-0.39, 0.29) is 24.1 Å². The second kappa shape index (κ2) is 12.1. The Morgan fingerprint density at radius 1 is 1.12 bits per heavy atom. The van der Waals surface area contributed by atoms with Crippen molar-refractivity contribution >= 4 is 34.0 Å². The van der Waals surface area contributed by atoms with Gasteiger partial charge in [0.25, 0.3) is 5.91 Å². The van der Waals surface area contributed by atoms with Gasteiger partial charge in [0.1, 0.15) is 0 Å². The molecule has 0 fully saturated rings. The second-order valence-corrected chi connectivity index (χ2v) is 6.84. The van der Waals surface area contributed by atoms with Gasteiger partial charge in [-0.15, -0.1) is 12.4 Å². The summed E-state index contributed by atoms with van der Waals surface area (Å²) in [5, 5.41) is 5.91. The van der Waals surface area contributed by atoms with Crippen LogP contribution in [0.4, 0.5) is 5.69 Å². The predicted octanol–water partition coefficient (Wildman–Crippen LogP) is 1.23. The Morgan fingerprint density at radius 2 is 1.79 bits per heavy atom. The molecule has 0 bridgehead atoms. The monoisotopic (exact) mass is 379 g/mol. The van der Waals surface area contributed by atoms with E-state index in [1.54, 1.807) is 38.3 Å². The molecule has 138 valence electrons. The van der Waals surface area contributed by atoms with Crippen molar-refractivity contribution in [2.75, 3.05) is 43.8 Å². The van der Waals surface area contributed by atoms with Gasteiger partial charge in [-0.05, 0) is 30.7 Å². The van der Waals surface area contributed by atoms with Crippen LogP contribution >= 0.6 is 12.4 Å². The van der Waals surface area contributed by atoms with E-state index in [4.69, 9.17) is 4.74 Å². The average molecular weight is 380 g/mol. The molecule has 1 aromatic rings. The van der Waals surface area contributed by atoms with Gasteiger partial charge >= 0.3 is 0 Å². The normalized spacial score (nSPS) is 10.8. The molecule has 0 aliphatic heterocycles. The number of carbonyl (C=O) groups excluding carboxylic acids is 1. The maximum atomic E-state index is 11.9. The molecule has 1 rings (SSSR count). The minimum atomic E-state index is -3.31. The molecule has 0 heterocycles. The lowest BCUT2D eigenvalue weighted by Crippen LogP contribution is -2.33. The van der Waals surface area contributed by atoms with E-state index in [1.165, 1.54) is 0 Å². The molecule has 0 spiro atoms. The SMILES string of the molecule is CCCS(=O)(=O)Nc1ccc(C(=O)NCCNCCOC)cc1.Cl. The van der Waals surface area contributed by atoms with Gasteiger partial charge in [0, 0.05) is 38.0 Å². The molecule has 24 heavy (non-hydrogen) atoms. The zero-order valence-corrected chi connectivity index (χ0v) is 15.6. The van der Waals surface area contributed by atoms with Gasteiger partial charge < -0.3 is 15.4 Å². The minimum Gasteiger partial charge on any atom is -0.383 e. The molecule has 0 radical (unpaired) electrons. The first kappa shape index (κ1) is 22.6. The number of nitrogens with one attached hydrogen (secondary N) is 3. The molecule has 1 amide bonds. The van der Waals surface area contributed by atoms with Crippen molar-refractivity contribution in [3.05, 3.63) is 29.8 Å². The summed E-state index contributed by atoms with van der Waals surface area (Å²) in [5.41, 5.74) is 0.941. The van der Waals surface area contributed by atoms with E-state index in [0.29, 0.717) is 37.4 Å². The number of anilines is 1. The molecule has 7 nitrogen and oxygen atoms in total. The third kappa shape index (κ3) is 9.07. The number of hydrogen-bond acceptors (Lipinski definition) is 5. The van der Waals surface area contributed by atoms with E-state index in [1.807, 2.05) is 0 Å². The lowest BCUT2D eigenvalue weighted by molar-refractivity contribution is 0.0953. The summed E-state index contributed by atoms with van der Waals surface area (Å²) in [4.78, 5) is 11.9. The summed E-state index contributed by atoms with van der Waals surface area (Å²) in [5.74, 6) is -0.118. The number of hydrogen-bond donors (Lipinski definition) is 3. The summed E-state index contributed by atoms with van der Waals surface area (Å²) >= 11 is 0. The number of sulfonamides is 1. The fourth-order valence-electron chi connectivity index (χ4n) is 1.85. The smallest absolute Gasteiger partial charge is 0.251 e. The third-order valence-electron chi connectivity index (χ3n) is 2.96. The largest absolute Gasteiger partial charge is 0.383 e. The highest BCUT2D eigenvalue weighted by molar-refractivity contribution is 7.92. The number of halogens is 1. The molecule has 0 atom stereocenters. The Kier molecular flexibility index (Phi) is 11.4. The van der Waals surface area contributed by atoms with E-state index in [0.717, 1.165) is 6.54 Å². The van der Waals surface area contributed by atoms with E-state index < -0.39 is 10.0 Å². The summed E-state index contributed by atoms with van der Waals surface area (Å²) in [7, 11) is -1.68. The highest BCUT2D eigenvalue weighted by Gasteiger charge is 2.09. The van der Waals surface area contributed by atoms with Crippen molar-refractivity contribution in [3.63, 3.8) is 0 Å². The van der Waals surface area contributed by atoms with Gasteiger partial charge in [0.15, 0.2) is 0 Å². The Balaban J connectivity index is 0.00000529. The highest BCUT2D eigenvalue weighted by atomic mass is 35.5. The number of benzene rings is 1. The summed E-state index contributed by atoms with van der Waals surface area (Å²) in [6.07, 6.45) is 0.550. The Bertz CT molecular complexity index is 579. The van der Waals surface area contributed by atoms with Gasteiger partial charge in [-0.25, -0.2) is 8.42 Å². The van der Waals surface area contributed by atoms with Crippen LogP contribution in [0.5, 0.6) is 0 Å². The number of amides is 1. The van der Waals surface area contributed by atoms with Crippen molar-refractivity contribution in [1.29, 1.82) is 0 Å². The van der Waals surface area contributed by atoms with Gasteiger partial charge in [-0.1, -0.05) is 6.92 Å². The average Bonchev–Trinajstić information content (AvgIpc) is 2.50. The third-order valence-corrected chi connectivity index (χ3v) is 4.46. The Morgan fingerprint density at radius 3 is 2.38 bits per heavy atom. The molecule has 0 aliphatic rings. The van der Waals surface area contributed by atoms with Crippen LogP contribution in [-0.2, 0) is 14.8 Å². The first-order valence-electron chi connectivity index (χ1n) is 7.57. The van der Waals surface area contributed by atoms with Gasteiger partial charge in [-0.3, -0.25) is 9.52 Å². The molecule has 0 unspecified atom stereocenters. The fraction of sp³-hybridized carbons (Fsp3) is 0.533. The first-order valence-corrected chi connectivity index (χ1v) is 9.22. The predicted molar refractivity (Wildman–Crippen MR) is 98.5 cm³/mol. The minimum absolute atomic E-state index is 0. The van der Waals surface area contributed by atoms with E-state index in [9.17, 15) is 13.2 Å². The van der Waals surface area contributed by atoms with Crippen LogP contribution in [0, 0.1) is 0 Å². The first-order chi connectivity index (χ1) is 11.0. The van der Waals surface area contributed by atoms with Crippen LogP contribution in [0.25, 0.3) is 0 Å². The van der Waals surface area contributed by atoms with Crippen LogP contribution in [0.1, 0.15) is 23.7 Å². The molecule has 0 aliphatic carbocycles. The highest BCUT2D eigenvalue weighted by Crippen LogP contribution is 2.11. The standard InChI is InChI=1S/C15H25N3O4S.ClH/c1-3-12-23(20,21)18-14-6-4-13(5-7-14)15(19)17-9-8-16-10-11-22-2;/h4-7,16,18H,3,8-12H2,1-2H3,(H,17,19);1H. The zero-order valence-electron chi connectivity index (χ0n) is 14.0. The van der Waals surface area contributed by atoms with E-state index >= 15 is 0 Å². The number of methoxy groups -OCH3 is 1. The maximum Gasteiger partial charge on any atom is 0.251 e. The zero-order chi connectivity index (χ0) is 17.1. The molecule has 1 aromatic carbocycles. The number of carbonyl (C=O) groups is 1. The molecular weight excluding hydrogens is 354 g/mol. The lowest BCUT2D eigenvalue weighted by atomic mass is 10.2. The fourth-order valence-corrected chi connectivity index (χ4v) is 2.99. The topological polar surface area (TPSA) is 96.5 Å². The van der Waals surface area contributed by atoms with Crippen molar-refractivity contribution in [3.8, 4) is 0 Å². The Hall–Kier alpha value is -1.35. The van der Waals surface area contributed by atoms with Crippen LogP contribution in [0.15, 0.2) is 24.3 Å². The van der Waals surface area contributed by atoms with Gasteiger partial charge in [0.2, 0.25) is 10.0 Å². The quantitative estimate of drug-likeness (QED) is 0.502. The van der Waals surface area contributed by atoms with Gasteiger partial charge in [0.05, 0.1) is 12.4 Å². The molecule has 0 aromatic heterocycles. The van der Waals surface area contributed by atoms with E-state index in [2.05, 4.69) is 15.4 Å². The molecular formula is C15H26ClN3O4S. The van der Waals surface area contributed by atoms with Crippen LogP contribution in [0.3, 0.4) is 0 Å². The van der Waals surface area contributed by atoms with Crippen molar-refractivity contribution < 1.29 is 17.9 Å². The Labute approximate surface area is 150 Å². The van der Waals surface area contributed by atoms with Crippen LogP contribution < -0.4 is 15.4 Å². The second-order valence-electron chi connectivity index (χ2n) is 5.00. The van der Waals surface area contributed by atoms with Crippen LogP contribution in [-0.4, -0.2) is 53.4 Å². The lowest BCUT2D eigenvalue weighted by Gasteiger charge is -2.09. The summed E-state index contributed by atoms with van der Waals surface area (Å²) in [6, 6.07) is 6.35. The van der Waals surface area contributed by atoms with Crippen molar-refractivity contribution in [2.24, 2.45) is 0 Å².